The van der Waals surface area contributed by atoms with Crippen LogP contribution in [0.5, 0.6) is 0 Å². The fourth-order valence-electron chi connectivity index (χ4n) is 2.53. The van der Waals surface area contributed by atoms with Crippen LogP contribution < -0.4 is 16.4 Å². The Hall–Kier alpha value is -1.40. The Morgan fingerprint density at radius 2 is 2.20 bits per heavy atom. The highest BCUT2D eigenvalue weighted by atomic mass is 16.5. The highest BCUT2D eigenvalue weighted by Gasteiger charge is 2.26. The SMILES string of the molecule is CCCNC(Cn1ccn(C)c(=O)c1=O)C1CCOC1. The lowest BCUT2D eigenvalue weighted by Gasteiger charge is -2.24. The maximum absolute atomic E-state index is 12.0. The molecule has 1 saturated heterocycles. The third-order valence-electron chi connectivity index (χ3n) is 3.82. The van der Waals surface area contributed by atoms with Crippen molar-refractivity contribution >= 4 is 0 Å². The van der Waals surface area contributed by atoms with E-state index < -0.39 is 11.1 Å². The zero-order valence-corrected chi connectivity index (χ0v) is 12.2. The topological polar surface area (TPSA) is 65.3 Å². The quantitative estimate of drug-likeness (QED) is 0.743. The maximum Gasteiger partial charge on any atom is 0.316 e. The van der Waals surface area contributed by atoms with Crippen molar-refractivity contribution in [3.63, 3.8) is 0 Å². The zero-order chi connectivity index (χ0) is 14.5. The number of aromatic nitrogens is 2. The summed E-state index contributed by atoms with van der Waals surface area (Å²) >= 11 is 0. The molecule has 1 aliphatic rings. The van der Waals surface area contributed by atoms with Gasteiger partial charge in [0, 0.05) is 44.6 Å². The molecule has 0 spiro atoms. The number of rotatable bonds is 6. The second-order valence-corrected chi connectivity index (χ2v) is 5.36. The summed E-state index contributed by atoms with van der Waals surface area (Å²) in [5.41, 5.74) is -0.943. The van der Waals surface area contributed by atoms with Crippen LogP contribution in [0.3, 0.4) is 0 Å². The predicted molar refractivity (Wildman–Crippen MR) is 77.0 cm³/mol. The first-order valence-electron chi connectivity index (χ1n) is 7.20. The monoisotopic (exact) mass is 281 g/mol. The molecule has 1 aromatic heterocycles. The van der Waals surface area contributed by atoms with E-state index in [1.54, 1.807) is 19.4 Å². The molecule has 6 heteroatoms. The summed E-state index contributed by atoms with van der Waals surface area (Å²) in [4.78, 5) is 23.7. The molecule has 20 heavy (non-hydrogen) atoms. The third-order valence-corrected chi connectivity index (χ3v) is 3.82. The normalized spacial score (nSPS) is 20.2. The number of nitrogens with zero attached hydrogens (tertiary/aromatic N) is 2. The molecule has 2 atom stereocenters. The molecule has 2 heterocycles. The van der Waals surface area contributed by atoms with Gasteiger partial charge in [-0.3, -0.25) is 9.59 Å². The summed E-state index contributed by atoms with van der Waals surface area (Å²) in [5, 5.41) is 3.47. The maximum atomic E-state index is 12.0. The molecule has 0 amide bonds. The van der Waals surface area contributed by atoms with Gasteiger partial charge < -0.3 is 19.2 Å². The first-order chi connectivity index (χ1) is 9.63. The standard InChI is InChI=1S/C14H23N3O3/c1-3-5-15-12(11-4-8-20-10-11)9-17-7-6-16(2)13(18)14(17)19/h6-7,11-12,15H,3-5,8-10H2,1-2H3. The van der Waals surface area contributed by atoms with Gasteiger partial charge in [-0.2, -0.15) is 0 Å². The average Bonchev–Trinajstić information content (AvgIpc) is 2.97. The molecule has 1 fully saturated rings. The zero-order valence-electron chi connectivity index (χ0n) is 12.2. The van der Waals surface area contributed by atoms with E-state index in [1.165, 1.54) is 9.13 Å². The molecule has 6 nitrogen and oxygen atoms in total. The second kappa shape index (κ2) is 6.85. The number of hydrogen-bond acceptors (Lipinski definition) is 4. The molecule has 0 aromatic carbocycles. The smallest absolute Gasteiger partial charge is 0.316 e. The molecule has 112 valence electrons. The van der Waals surface area contributed by atoms with Crippen LogP contribution in [-0.2, 0) is 18.3 Å². The molecule has 2 unspecified atom stereocenters. The Labute approximate surface area is 118 Å². The van der Waals surface area contributed by atoms with Crippen molar-refractivity contribution in [1.82, 2.24) is 14.5 Å². The van der Waals surface area contributed by atoms with E-state index in [1.807, 2.05) is 0 Å². The van der Waals surface area contributed by atoms with Gasteiger partial charge in [-0.15, -0.1) is 0 Å². The number of hydrogen-bond donors (Lipinski definition) is 1. The Kier molecular flexibility index (Phi) is 5.14. The lowest BCUT2D eigenvalue weighted by atomic mass is 9.98. The molecular weight excluding hydrogens is 258 g/mol. The largest absolute Gasteiger partial charge is 0.381 e. The summed E-state index contributed by atoms with van der Waals surface area (Å²) in [5.74, 6) is 0.400. The van der Waals surface area contributed by atoms with Crippen LogP contribution in [0.4, 0.5) is 0 Å². The first kappa shape index (κ1) is 15.0. The van der Waals surface area contributed by atoms with Crippen molar-refractivity contribution in [2.75, 3.05) is 19.8 Å². The van der Waals surface area contributed by atoms with Crippen molar-refractivity contribution < 1.29 is 4.74 Å². The van der Waals surface area contributed by atoms with Gasteiger partial charge >= 0.3 is 11.1 Å². The van der Waals surface area contributed by atoms with E-state index in [-0.39, 0.29) is 6.04 Å². The fraction of sp³-hybridized carbons (Fsp3) is 0.714. The summed E-state index contributed by atoms with van der Waals surface area (Å²) in [7, 11) is 1.59. The lowest BCUT2D eigenvalue weighted by molar-refractivity contribution is 0.173. The molecule has 1 aliphatic heterocycles. The molecule has 0 saturated carbocycles. The predicted octanol–water partition coefficient (Wildman–Crippen LogP) is -0.0483. The lowest BCUT2D eigenvalue weighted by Crippen LogP contribution is -2.46. The minimum absolute atomic E-state index is 0.169. The highest BCUT2D eigenvalue weighted by molar-refractivity contribution is 4.88. The van der Waals surface area contributed by atoms with Gasteiger partial charge in [0.2, 0.25) is 0 Å². The molecule has 0 radical (unpaired) electrons. The molecule has 1 N–H and O–H groups in total. The number of nitrogens with one attached hydrogen (secondary N) is 1. The summed E-state index contributed by atoms with van der Waals surface area (Å²) in [6.45, 7) is 5.03. The van der Waals surface area contributed by atoms with Crippen LogP contribution in [0.2, 0.25) is 0 Å². The Morgan fingerprint density at radius 1 is 1.40 bits per heavy atom. The fourth-order valence-corrected chi connectivity index (χ4v) is 2.53. The van der Waals surface area contributed by atoms with Gasteiger partial charge in [-0.25, -0.2) is 0 Å². The first-order valence-corrected chi connectivity index (χ1v) is 7.20. The summed E-state index contributed by atoms with van der Waals surface area (Å²) in [6.07, 6.45) is 5.35. The van der Waals surface area contributed by atoms with Crippen LogP contribution >= 0.6 is 0 Å². The molecule has 0 aliphatic carbocycles. The van der Waals surface area contributed by atoms with Gasteiger partial charge in [0.05, 0.1) is 6.61 Å². The van der Waals surface area contributed by atoms with E-state index in [9.17, 15) is 9.59 Å². The van der Waals surface area contributed by atoms with Gasteiger partial charge in [0.25, 0.3) is 0 Å². The van der Waals surface area contributed by atoms with Crippen LogP contribution in [0.25, 0.3) is 0 Å². The Morgan fingerprint density at radius 3 is 2.85 bits per heavy atom. The average molecular weight is 281 g/mol. The third kappa shape index (κ3) is 3.37. The molecule has 1 aromatic rings. The van der Waals surface area contributed by atoms with Crippen molar-refractivity contribution in [2.24, 2.45) is 13.0 Å². The van der Waals surface area contributed by atoms with Crippen LogP contribution in [-0.4, -0.2) is 34.9 Å². The Bertz CT molecular complexity index is 543. The van der Waals surface area contributed by atoms with Crippen molar-refractivity contribution in [2.45, 2.75) is 32.4 Å². The minimum atomic E-state index is -0.482. The van der Waals surface area contributed by atoms with E-state index in [4.69, 9.17) is 4.74 Å². The van der Waals surface area contributed by atoms with E-state index in [0.717, 1.165) is 32.6 Å². The van der Waals surface area contributed by atoms with E-state index >= 15 is 0 Å². The summed E-state index contributed by atoms with van der Waals surface area (Å²) in [6, 6.07) is 0.169. The minimum Gasteiger partial charge on any atom is -0.381 e. The second-order valence-electron chi connectivity index (χ2n) is 5.36. The molecule has 2 rings (SSSR count). The highest BCUT2D eigenvalue weighted by Crippen LogP contribution is 2.17. The number of aryl methyl sites for hydroxylation is 1. The van der Waals surface area contributed by atoms with E-state index in [0.29, 0.717) is 12.5 Å². The molecular formula is C14H23N3O3. The number of ether oxygens (including phenoxy) is 1. The van der Waals surface area contributed by atoms with Crippen LogP contribution in [0.1, 0.15) is 19.8 Å². The van der Waals surface area contributed by atoms with Gasteiger partial charge in [0.1, 0.15) is 0 Å². The molecule has 0 bridgehead atoms. The summed E-state index contributed by atoms with van der Waals surface area (Å²) < 4.78 is 8.26. The van der Waals surface area contributed by atoms with Gasteiger partial charge in [0.15, 0.2) is 0 Å². The van der Waals surface area contributed by atoms with Gasteiger partial charge in [-0.05, 0) is 19.4 Å². The van der Waals surface area contributed by atoms with Crippen LogP contribution in [0.15, 0.2) is 22.0 Å². The van der Waals surface area contributed by atoms with Crippen molar-refractivity contribution in [1.29, 1.82) is 0 Å². The Balaban J connectivity index is 2.16. The van der Waals surface area contributed by atoms with Crippen molar-refractivity contribution in [3.05, 3.63) is 33.1 Å². The van der Waals surface area contributed by atoms with Gasteiger partial charge in [-0.1, -0.05) is 6.92 Å². The van der Waals surface area contributed by atoms with E-state index in [2.05, 4.69) is 12.2 Å². The van der Waals surface area contributed by atoms with Crippen molar-refractivity contribution in [3.8, 4) is 0 Å². The van der Waals surface area contributed by atoms with Crippen LogP contribution in [0, 0.1) is 5.92 Å².